The van der Waals surface area contributed by atoms with E-state index >= 15 is 0 Å². The summed E-state index contributed by atoms with van der Waals surface area (Å²) in [5, 5.41) is 22.3. The second kappa shape index (κ2) is 6.32. The number of aromatic amines is 1. The summed E-state index contributed by atoms with van der Waals surface area (Å²) in [7, 11) is 0. The Bertz CT molecular complexity index is 658. The molecule has 0 bridgehead atoms. The molecule has 0 saturated heterocycles. The zero-order chi connectivity index (χ0) is 17.1. The molecular formula is C13H13F3N4O3. The molecular weight excluding hydrogens is 317 g/mol. The van der Waals surface area contributed by atoms with Crippen LogP contribution in [0.3, 0.4) is 0 Å². The van der Waals surface area contributed by atoms with E-state index in [-0.39, 0.29) is 18.9 Å². The SMILES string of the molecule is CCOC(Cc1ccc(C(F)(F)F)cc1)(C(=O)O)c1nn[nH]n1. The summed E-state index contributed by atoms with van der Waals surface area (Å²) in [5.74, 6) is -1.56. The van der Waals surface area contributed by atoms with Crippen LogP contribution in [0.15, 0.2) is 24.3 Å². The Kier molecular flexibility index (Phi) is 4.64. The lowest BCUT2D eigenvalue weighted by atomic mass is 9.92. The van der Waals surface area contributed by atoms with E-state index in [1.807, 2.05) is 0 Å². The number of halogens is 3. The largest absolute Gasteiger partial charge is 0.479 e. The molecule has 0 amide bonds. The van der Waals surface area contributed by atoms with E-state index in [1.165, 1.54) is 12.1 Å². The van der Waals surface area contributed by atoms with Gasteiger partial charge in [-0.3, -0.25) is 0 Å². The monoisotopic (exact) mass is 330 g/mol. The smallest absolute Gasteiger partial charge is 0.416 e. The number of carboxylic acids is 1. The Labute approximate surface area is 128 Å². The van der Waals surface area contributed by atoms with Crippen LogP contribution in [0.25, 0.3) is 0 Å². The minimum atomic E-state index is -4.46. The maximum Gasteiger partial charge on any atom is 0.416 e. The third kappa shape index (κ3) is 3.47. The van der Waals surface area contributed by atoms with Gasteiger partial charge in [0.1, 0.15) is 0 Å². The van der Waals surface area contributed by atoms with Gasteiger partial charge in [0.2, 0.25) is 11.4 Å². The van der Waals surface area contributed by atoms with Crippen molar-refractivity contribution in [1.82, 2.24) is 20.6 Å². The maximum atomic E-state index is 12.6. The van der Waals surface area contributed by atoms with E-state index in [0.717, 1.165) is 12.1 Å². The van der Waals surface area contributed by atoms with Gasteiger partial charge in [-0.15, -0.1) is 10.2 Å². The normalized spacial score (nSPS) is 14.4. The van der Waals surface area contributed by atoms with Crippen LogP contribution in [-0.4, -0.2) is 38.3 Å². The minimum absolute atomic E-state index is 0.0431. The first kappa shape index (κ1) is 16.9. The molecule has 23 heavy (non-hydrogen) atoms. The van der Waals surface area contributed by atoms with Gasteiger partial charge in [-0.2, -0.15) is 18.4 Å². The maximum absolute atomic E-state index is 12.6. The average Bonchev–Trinajstić information content (AvgIpc) is 3.00. The number of benzene rings is 1. The molecule has 10 heteroatoms. The van der Waals surface area contributed by atoms with Gasteiger partial charge in [-0.25, -0.2) is 4.79 Å². The molecule has 0 spiro atoms. The predicted octanol–water partition coefficient (Wildman–Crippen LogP) is 1.78. The van der Waals surface area contributed by atoms with Gasteiger partial charge < -0.3 is 9.84 Å². The Balaban J connectivity index is 2.37. The third-order valence-corrected chi connectivity index (χ3v) is 3.18. The quantitative estimate of drug-likeness (QED) is 0.837. The van der Waals surface area contributed by atoms with Crippen LogP contribution in [0.2, 0.25) is 0 Å². The Morgan fingerprint density at radius 2 is 1.96 bits per heavy atom. The van der Waals surface area contributed by atoms with E-state index < -0.39 is 23.3 Å². The fourth-order valence-electron chi connectivity index (χ4n) is 2.11. The summed E-state index contributed by atoms with van der Waals surface area (Å²) in [6, 6.07) is 4.15. The number of hydrogen-bond acceptors (Lipinski definition) is 5. The molecule has 2 rings (SSSR count). The highest BCUT2D eigenvalue weighted by molar-refractivity contribution is 5.78. The number of nitrogens with zero attached hydrogens (tertiary/aromatic N) is 3. The Morgan fingerprint density at radius 1 is 1.30 bits per heavy atom. The van der Waals surface area contributed by atoms with Gasteiger partial charge in [0.15, 0.2) is 0 Å². The number of H-pyrrole nitrogens is 1. The number of nitrogens with one attached hydrogen (secondary N) is 1. The van der Waals surface area contributed by atoms with Crippen molar-refractivity contribution in [2.24, 2.45) is 0 Å². The van der Waals surface area contributed by atoms with Crippen LogP contribution in [0.4, 0.5) is 13.2 Å². The van der Waals surface area contributed by atoms with Gasteiger partial charge in [0, 0.05) is 13.0 Å². The number of aliphatic carboxylic acids is 1. The zero-order valence-electron chi connectivity index (χ0n) is 12.0. The van der Waals surface area contributed by atoms with E-state index in [4.69, 9.17) is 4.74 Å². The summed E-state index contributed by atoms with van der Waals surface area (Å²) >= 11 is 0. The van der Waals surface area contributed by atoms with Crippen LogP contribution in [0.1, 0.15) is 23.9 Å². The van der Waals surface area contributed by atoms with Crippen molar-refractivity contribution in [3.05, 3.63) is 41.2 Å². The van der Waals surface area contributed by atoms with E-state index in [1.54, 1.807) is 6.92 Å². The van der Waals surface area contributed by atoms with Crippen molar-refractivity contribution >= 4 is 5.97 Å². The number of rotatable bonds is 6. The molecule has 0 fully saturated rings. The van der Waals surface area contributed by atoms with Gasteiger partial charge in [0.05, 0.1) is 5.56 Å². The Hall–Kier alpha value is -2.49. The van der Waals surface area contributed by atoms with Crippen LogP contribution < -0.4 is 0 Å². The van der Waals surface area contributed by atoms with Crippen molar-refractivity contribution in [3.8, 4) is 0 Å². The van der Waals surface area contributed by atoms with E-state index in [9.17, 15) is 23.1 Å². The molecule has 1 atom stereocenters. The molecule has 0 aliphatic rings. The average molecular weight is 330 g/mol. The zero-order valence-corrected chi connectivity index (χ0v) is 12.0. The van der Waals surface area contributed by atoms with Crippen LogP contribution in [-0.2, 0) is 27.7 Å². The lowest BCUT2D eigenvalue weighted by Gasteiger charge is -2.26. The number of aromatic nitrogens is 4. The molecule has 1 aromatic heterocycles. The second-order valence-electron chi connectivity index (χ2n) is 4.67. The second-order valence-corrected chi connectivity index (χ2v) is 4.67. The molecule has 0 saturated carbocycles. The van der Waals surface area contributed by atoms with E-state index in [0.29, 0.717) is 5.56 Å². The molecule has 0 aliphatic heterocycles. The van der Waals surface area contributed by atoms with Crippen LogP contribution in [0.5, 0.6) is 0 Å². The molecule has 7 nitrogen and oxygen atoms in total. The summed E-state index contributed by atoms with van der Waals surface area (Å²) in [5.41, 5.74) is -2.42. The summed E-state index contributed by atoms with van der Waals surface area (Å²) in [6.45, 7) is 1.63. The molecule has 0 aliphatic carbocycles. The molecule has 1 unspecified atom stereocenters. The molecule has 124 valence electrons. The van der Waals surface area contributed by atoms with Gasteiger partial charge in [0.25, 0.3) is 0 Å². The minimum Gasteiger partial charge on any atom is -0.479 e. The first-order chi connectivity index (χ1) is 10.8. The summed E-state index contributed by atoms with van der Waals surface area (Å²) in [4.78, 5) is 11.7. The number of alkyl halides is 3. The first-order valence-corrected chi connectivity index (χ1v) is 6.57. The number of hydrogen-bond donors (Lipinski definition) is 2. The molecule has 0 radical (unpaired) electrons. The summed E-state index contributed by atoms with van der Waals surface area (Å²) < 4.78 is 43.1. The van der Waals surface area contributed by atoms with Crippen LogP contribution in [0, 0.1) is 0 Å². The number of ether oxygens (including phenoxy) is 1. The highest BCUT2D eigenvalue weighted by Crippen LogP contribution is 2.31. The number of tetrazole rings is 1. The van der Waals surface area contributed by atoms with Crippen molar-refractivity contribution in [1.29, 1.82) is 0 Å². The lowest BCUT2D eigenvalue weighted by Crippen LogP contribution is -2.42. The molecule has 1 heterocycles. The third-order valence-electron chi connectivity index (χ3n) is 3.18. The number of carbonyl (C=O) groups is 1. The Morgan fingerprint density at radius 3 is 2.39 bits per heavy atom. The topological polar surface area (TPSA) is 101 Å². The highest BCUT2D eigenvalue weighted by atomic mass is 19.4. The predicted molar refractivity (Wildman–Crippen MR) is 70.3 cm³/mol. The fraction of sp³-hybridized carbons (Fsp3) is 0.385. The highest BCUT2D eigenvalue weighted by Gasteiger charge is 2.46. The number of carboxylic acid groups (broad SMARTS) is 1. The van der Waals surface area contributed by atoms with Crippen molar-refractivity contribution < 1.29 is 27.8 Å². The van der Waals surface area contributed by atoms with Crippen molar-refractivity contribution in [2.45, 2.75) is 25.1 Å². The molecule has 2 N–H and O–H groups in total. The molecule has 2 aromatic rings. The lowest BCUT2D eigenvalue weighted by molar-refractivity contribution is -0.168. The summed E-state index contributed by atoms with van der Waals surface area (Å²) in [6.07, 6.45) is -4.70. The van der Waals surface area contributed by atoms with E-state index in [2.05, 4.69) is 20.6 Å². The van der Waals surface area contributed by atoms with Gasteiger partial charge >= 0.3 is 12.1 Å². The van der Waals surface area contributed by atoms with Crippen molar-refractivity contribution in [2.75, 3.05) is 6.61 Å². The molecule has 1 aromatic carbocycles. The van der Waals surface area contributed by atoms with Crippen molar-refractivity contribution in [3.63, 3.8) is 0 Å². The van der Waals surface area contributed by atoms with Gasteiger partial charge in [-0.1, -0.05) is 17.3 Å². The fourth-order valence-corrected chi connectivity index (χ4v) is 2.11. The standard InChI is InChI=1S/C13H13F3N4O3/c1-2-23-12(11(21)22,10-17-19-20-18-10)7-8-3-5-9(6-4-8)13(14,15)16/h3-6H,2,7H2,1H3,(H,21,22)(H,17,18,19,20). The first-order valence-electron chi connectivity index (χ1n) is 6.57. The van der Waals surface area contributed by atoms with Gasteiger partial charge in [-0.05, 0) is 24.6 Å². The van der Waals surface area contributed by atoms with Crippen LogP contribution >= 0.6 is 0 Å².